The van der Waals surface area contributed by atoms with E-state index in [2.05, 4.69) is 34.6 Å². The Bertz CT molecular complexity index is 717. The smallest absolute Gasteiger partial charge is 0.121 e. The minimum atomic E-state index is 0.260. The van der Waals surface area contributed by atoms with Crippen molar-refractivity contribution < 1.29 is 10.2 Å². The summed E-state index contributed by atoms with van der Waals surface area (Å²) in [4.78, 5) is 0. The van der Waals surface area contributed by atoms with Crippen LogP contribution in [-0.4, -0.2) is 10.2 Å². The van der Waals surface area contributed by atoms with E-state index in [0.29, 0.717) is 11.5 Å². The van der Waals surface area contributed by atoms with E-state index in [1.165, 1.54) is 33.4 Å². The van der Waals surface area contributed by atoms with Crippen LogP contribution in [0.3, 0.4) is 0 Å². The highest BCUT2D eigenvalue weighted by Gasteiger charge is 2.26. The van der Waals surface area contributed by atoms with Crippen LogP contribution in [0.15, 0.2) is 0 Å². The molecule has 2 aromatic carbocycles. The van der Waals surface area contributed by atoms with Gasteiger partial charge in [0, 0.05) is 5.92 Å². The number of hydrogen-bond acceptors (Lipinski definition) is 2. The van der Waals surface area contributed by atoms with Gasteiger partial charge in [-0.15, -0.1) is 0 Å². The van der Waals surface area contributed by atoms with Crippen molar-refractivity contribution in [3.05, 3.63) is 55.6 Å². The fourth-order valence-electron chi connectivity index (χ4n) is 4.24. The maximum absolute atomic E-state index is 10.4. The van der Waals surface area contributed by atoms with Crippen molar-refractivity contribution in [3.8, 4) is 11.5 Å². The summed E-state index contributed by atoms with van der Waals surface area (Å²) in [6, 6.07) is 0. The molecule has 0 heterocycles. The highest BCUT2D eigenvalue weighted by Crippen LogP contribution is 2.44. The fourth-order valence-corrected chi connectivity index (χ4v) is 4.24. The van der Waals surface area contributed by atoms with Gasteiger partial charge in [0.1, 0.15) is 11.5 Å². The molecule has 2 aromatic rings. The van der Waals surface area contributed by atoms with Crippen molar-refractivity contribution >= 4 is 0 Å². The van der Waals surface area contributed by atoms with Gasteiger partial charge in [-0.1, -0.05) is 6.92 Å². The van der Waals surface area contributed by atoms with Gasteiger partial charge < -0.3 is 10.2 Å². The average molecular weight is 341 g/mol. The first kappa shape index (κ1) is 19.4. The van der Waals surface area contributed by atoms with E-state index >= 15 is 0 Å². The predicted molar refractivity (Wildman–Crippen MR) is 106 cm³/mol. The molecule has 2 N–H and O–H groups in total. The van der Waals surface area contributed by atoms with Gasteiger partial charge in [0.15, 0.2) is 0 Å². The largest absolute Gasteiger partial charge is 0.507 e. The molecule has 0 fully saturated rings. The quantitative estimate of drug-likeness (QED) is 0.708. The van der Waals surface area contributed by atoms with E-state index in [1.807, 2.05) is 27.7 Å². The molecule has 0 radical (unpaired) electrons. The second-order valence-electron chi connectivity index (χ2n) is 7.49. The van der Waals surface area contributed by atoms with Crippen LogP contribution >= 0.6 is 0 Å². The molecule has 0 bridgehead atoms. The minimum Gasteiger partial charge on any atom is -0.507 e. The Labute approximate surface area is 152 Å². The number of phenolic OH excluding ortho intramolecular Hbond substituents is 2. The number of hydrogen-bond donors (Lipinski definition) is 2. The van der Waals surface area contributed by atoms with Gasteiger partial charge in [-0.25, -0.2) is 0 Å². The molecular formula is C23H32O2. The van der Waals surface area contributed by atoms with Crippen molar-refractivity contribution in [2.24, 2.45) is 0 Å². The van der Waals surface area contributed by atoms with E-state index in [9.17, 15) is 10.2 Å². The molecule has 0 aliphatic carbocycles. The van der Waals surface area contributed by atoms with Crippen molar-refractivity contribution in [1.82, 2.24) is 0 Å². The lowest BCUT2D eigenvalue weighted by atomic mass is 9.76. The van der Waals surface area contributed by atoms with Gasteiger partial charge in [0.25, 0.3) is 0 Å². The summed E-state index contributed by atoms with van der Waals surface area (Å²) in [6.07, 6.45) is 0.983. The van der Waals surface area contributed by atoms with E-state index in [0.717, 1.165) is 28.7 Å². The van der Waals surface area contributed by atoms with Gasteiger partial charge in [-0.2, -0.15) is 0 Å². The molecule has 0 saturated carbocycles. The minimum absolute atomic E-state index is 0.260. The Balaban J connectivity index is 2.90. The molecule has 0 amide bonds. The van der Waals surface area contributed by atoms with Crippen LogP contribution in [0.2, 0.25) is 0 Å². The van der Waals surface area contributed by atoms with E-state index in [4.69, 9.17) is 0 Å². The third-order valence-corrected chi connectivity index (χ3v) is 6.39. The van der Waals surface area contributed by atoms with Crippen LogP contribution in [0.25, 0.3) is 0 Å². The molecule has 0 atom stereocenters. The number of phenols is 2. The monoisotopic (exact) mass is 340 g/mol. The summed E-state index contributed by atoms with van der Waals surface area (Å²) in [7, 11) is 0. The fraction of sp³-hybridized carbons (Fsp3) is 0.478. The van der Waals surface area contributed by atoms with Crippen LogP contribution in [0.4, 0.5) is 0 Å². The van der Waals surface area contributed by atoms with Gasteiger partial charge in [-0.05, 0) is 117 Å². The third-order valence-electron chi connectivity index (χ3n) is 6.39. The Morgan fingerprint density at radius 1 is 0.520 bits per heavy atom. The first-order chi connectivity index (χ1) is 11.6. The summed E-state index contributed by atoms with van der Waals surface area (Å²) in [5.74, 6) is 1.09. The van der Waals surface area contributed by atoms with Crippen molar-refractivity contribution in [1.29, 1.82) is 0 Å². The number of rotatable bonds is 3. The maximum Gasteiger partial charge on any atom is 0.121 e. The second kappa shape index (κ2) is 6.74. The maximum atomic E-state index is 10.4. The topological polar surface area (TPSA) is 40.5 Å². The normalized spacial score (nSPS) is 11.4. The summed E-state index contributed by atoms with van der Waals surface area (Å²) in [5, 5.41) is 20.8. The lowest BCUT2D eigenvalue weighted by molar-refractivity contribution is 0.464. The second-order valence-corrected chi connectivity index (χ2v) is 7.49. The van der Waals surface area contributed by atoms with Gasteiger partial charge >= 0.3 is 0 Å². The lowest BCUT2D eigenvalue weighted by Crippen LogP contribution is -2.12. The van der Waals surface area contributed by atoms with Crippen molar-refractivity contribution in [2.45, 2.75) is 74.7 Å². The number of aromatic hydroxyl groups is 2. The molecule has 2 nitrogen and oxygen atoms in total. The third kappa shape index (κ3) is 2.82. The highest BCUT2D eigenvalue weighted by atomic mass is 16.3. The average Bonchev–Trinajstić information content (AvgIpc) is 2.60. The standard InChI is InChI=1S/C23H32O2/c1-10-19(20-11(2)15(6)22(24)16(7)12(20)3)21-13(4)17(8)23(25)18(9)14(21)5/h19,24-25H,10H2,1-9H3. The molecule has 136 valence electrons. The van der Waals surface area contributed by atoms with Crippen LogP contribution in [0, 0.1) is 55.4 Å². The Kier molecular flexibility index (Phi) is 5.22. The molecule has 0 saturated heterocycles. The van der Waals surface area contributed by atoms with Crippen LogP contribution in [-0.2, 0) is 0 Å². The summed E-state index contributed by atoms with van der Waals surface area (Å²) < 4.78 is 0. The molecule has 2 rings (SSSR count). The summed E-state index contributed by atoms with van der Waals surface area (Å²) in [5.41, 5.74) is 11.2. The SMILES string of the molecule is CCC(c1c(C)c(C)c(O)c(C)c1C)c1c(C)c(C)c(O)c(C)c1C. The Hall–Kier alpha value is -1.96. The first-order valence-electron chi connectivity index (χ1n) is 9.14. The van der Waals surface area contributed by atoms with E-state index < -0.39 is 0 Å². The molecule has 2 heteroatoms. The van der Waals surface area contributed by atoms with Crippen LogP contribution < -0.4 is 0 Å². The van der Waals surface area contributed by atoms with Gasteiger partial charge in [-0.3, -0.25) is 0 Å². The van der Waals surface area contributed by atoms with Crippen LogP contribution in [0.1, 0.15) is 74.9 Å². The number of benzene rings is 2. The first-order valence-corrected chi connectivity index (χ1v) is 9.14. The zero-order valence-electron chi connectivity index (χ0n) is 17.2. The molecule has 25 heavy (non-hydrogen) atoms. The summed E-state index contributed by atoms with van der Waals surface area (Å²) in [6.45, 7) is 18.7. The zero-order chi connectivity index (χ0) is 19.2. The Morgan fingerprint density at radius 2 is 0.760 bits per heavy atom. The van der Waals surface area contributed by atoms with Crippen molar-refractivity contribution in [2.75, 3.05) is 0 Å². The zero-order valence-corrected chi connectivity index (χ0v) is 17.2. The van der Waals surface area contributed by atoms with Gasteiger partial charge in [0.2, 0.25) is 0 Å². The highest BCUT2D eigenvalue weighted by molar-refractivity contribution is 5.60. The Morgan fingerprint density at radius 3 is 0.960 bits per heavy atom. The van der Waals surface area contributed by atoms with Crippen molar-refractivity contribution in [3.63, 3.8) is 0 Å². The van der Waals surface area contributed by atoms with E-state index in [1.54, 1.807) is 0 Å². The molecule has 0 aliphatic rings. The molecule has 0 unspecified atom stereocenters. The molecule has 0 spiro atoms. The predicted octanol–water partition coefficient (Wildman–Crippen LogP) is 6.11. The molecular weight excluding hydrogens is 308 g/mol. The van der Waals surface area contributed by atoms with Gasteiger partial charge in [0.05, 0.1) is 0 Å². The lowest BCUT2D eigenvalue weighted by Gasteiger charge is -2.29. The molecule has 0 aliphatic heterocycles. The van der Waals surface area contributed by atoms with E-state index in [-0.39, 0.29) is 5.92 Å². The van der Waals surface area contributed by atoms with Crippen LogP contribution in [0.5, 0.6) is 11.5 Å². The summed E-state index contributed by atoms with van der Waals surface area (Å²) >= 11 is 0. The molecule has 0 aromatic heterocycles.